The molecule has 7 heteroatoms. The fourth-order valence-electron chi connectivity index (χ4n) is 1.91. The first-order valence-electron chi connectivity index (χ1n) is 6.94. The van der Waals surface area contributed by atoms with Crippen molar-refractivity contribution in [3.8, 4) is 5.69 Å². The van der Waals surface area contributed by atoms with E-state index in [2.05, 4.69) is 10.4 Å². The van der Waals surface area contributed by atoms with Crippen molar-refractivity contribution < 1.29 is 14.6 Å². The summed E-state index contributed by atoms with van der Waals surface area (Å²) < 4.78 is 6.72. The van der Waals surface area contributed by atoms with E-state index in [0.717, 1.165) is 5.69 Å². The van der Waals surface area contributed by atoms with Gasteiger partial charge in [0.05, 0.1) is 35.5 Å². The molecule has 0 aliphatic heterocycles. The Kier molecular flexibility index (Phi) is 5.80. The molecule has 0 saturated heterocycles. The molecule has 1 unspecified atom stereocenters. The van der Waals surface area contributed by atoms with E-state index in [1.54, 1.807) is 42.2 Å². The number of anilines is 1. The standard InChI is InChI=1S/C15H18ClN3O3/c1-2-22-15(21)13-5-4-11(19-7-3-6-18-19)8-14(13)17-10-12(20)9-16/h3-8,12,17,20H,2,9-10H2,1H3. The second-order valence-electron chi connectivity index (χ2n) is 4.59. The van der Waals surface area contributed by atoms with Crippen LogP contribution in [0.5, 0.6) is 0 Å². The van der Waals surface area contributed by atoms with Crippen LogP contribution >= 0.6 is 11.6 Å². The van der Waals surface area contributed by atoms with Crippen molar-refractivity contribution >= 4 is 23.3 Å². The Balaban J connectivity index is 2.30. The molecule has 1 heterocycles. The lowest BCUT2D eigenvalue weighted by molar-refractivity contribution is 0.0527. The lowest BCUT2D eigenvalue weighted by atomic mass is 10.1. The normalized spacial score (nSPS) is 12.0. The number of hydrogen-bond acceptors (Lipinski definition) is 5. The van der Waals surface area contributed by atoms with Crippen molar-refractivity contribution in [1.82, 2.24) is 9.78 Å². The highest BCUT2D eigenvalue weighted by Crippen LogP contribution is 2.21. The average Bonchev–Trinajstić information content (AvgIpc) is 3.07. The quantitative estimate of drug-likeness (QED) is 0.602. The lowest BCUT2D eigenvalue weighted by Crippen LogP contribution is -2.22. The van der Waals surface area contributed by atoms with Crippen molar-refractivity contribution in [2.24, 2.45) is 0 Å². The van der Waals surface area contributed by atoms with Crippen LogP contribution in [0.25, 0.3) is 5.69 Å². The van der Waals surface area contributed by atoms with Gasteiger partial charge < -0.3 is 15.2 Å². The summed E-state index contributed by atoms with van der Waals surface area (Å²) in [5.74, 6) is -0.307. The van der Waals surface area contributed by atoms with Crippen LogP contribution in [0.4, 0.5) is 5.69 Å². The molecule has 6 nitrogen and oxygen atoms in total. The van der Waals surface area contributed by atoms with Crippen LogP contribution in [0.1, 0.15) is 17.3 Å². The van der Waals surface area contributed by atoms with Crippen LogP contribution in [0.3, 0.4) is 0 Å². The van der Waals surface area contributed by atoms with E-state index in [1.807, 2.05) is 6.07 Å². The minimum Gasteiger partial charge on any atom is -0.462 e. The third-order valence-corrected chi connectivity index (χ3v) is 3.33. The third kappa shape index (κ3) is 3.99. The molecular weight excluding hydrogens is 306 g/mol. The molecule has 2 rings (SSSR count). The highest BCUT2D eigenvalue weighted by Gasteiger charge is 2.14. The number of carbonyl (C=O) groups is 1. The maximum atomic E-state index is 12.0. The third-order valence-electron chi connectivity index (χ3n) is 2.97. The minimum atomic E-state index is -0.704. The summed E-state index contributed by atoms with van der Waals surface area (Å²) >= 11 is 5.59. The summed E-state index contributed by atoms with van der Waals surface area (Å²) in [7, 11) is 0. The number of rotatable bonds is 7. The van der Waals surface area contributed by atoms with Crippen molar-refractivity contribution in [3.05, 3.63) is 42.2 Å². The fourth-order valence-corrected chi connectivity index (χ4v) is 2.02. The van der Waals surface area contributed by atoms with Crippen LogP contribution in [-0.4, -0.2) is 46.0 Å². The minimum absolute atomic E-state index is 0.112. The van der Waals surface area contributed by atoms with Crippen LogP contribution < -0.4 is 5.32 Å². The molecular formula is C15H18ClN3O3. The van der Waals surface area contributed by atoms with E-state index in [4.69, 9.17) is 16.3 Å². The monoisotopic (exact) mass is 323 g/mol. The molecule has 2 N–H and O–H groups in total. The first-order valence-corrected chi connectivity index (χ1v) is 7.48. The van der Waals surface area contributed by atoms with E-state index in [1.165, 1.54) is 0 Å². The lowest BCUT2D eigenvalue weighted by Gasteiger charge is -2.15. The molecule has 1 atom stereocenters. The molecule has 0 saturated carbocycles. The summed E-state index contributed by atoms with van der Waals surface area (Å²) in [6.45, 7) is 2.28. The van der Waals surface area contributed by atoms with E-state index >= 15 is 0 Å². The zero-order valence-corrected chi connectivity index (χ0v) is 13.0. The van der Waals surface area contributed by atoms with Crippen molar-refractivity contribution in [1.29, 1.82) is 0 Å². The average molecular weight is 324 g/mol. The summed E-state index contributed by atoms with van der Waals surface area (Å²) in [4.78, 5) is 12.0. The zero-order chi connectivity index (χ0) is 15.9. The molecule has 0 spiro atoms. The van der Waals surface area contributed by atoms with Gasteiger partial charge in [-0.15, -0.1) is 11.6 Å². The number of aliphatic hydroxyl groups excluding tert-OH is 1. The summed E-state index contributed by atoms with van der Waals surface area (Å²) in [5.41, 5.74) is 1.76. The second kappa shape index (κ2) is 7.82. The Morgan fingerprint density at radius 3 is 3.00 bits per heavy atom. The number of benzene rings is 1. The van der Waals surface area contributed by atoms with Gasteiger partial charge in [-0.25, -0.2) is 9.48 Å². The molecule has 0 radical (unpaired) electrons. The van der Waals surface area contributed by atoms with Gasteiger partial charge in [-0.05, 0) is 31.2 Å². The molecule has 0 fully saturated rings. The first-order chi connectivity index (χ1) is 10.7. The SMILES string of the molecule is CCOC(=O)c1ccc(-n2cccn2)cc1NCC(O)CCl. The van der Waals surface area contributed by atoms with Crippen molar-refractivity contribution in [2.45, 2.75) is 13.0 Å². The molecule has 1 aromatic carbocycles. The Hall–Kier alpha value is -2.05. The summed E-state index contributed by atoms with van der Waals surface area (Å²) in [6.07, 6.45) is 2.77. The molecule has 0 aliphatic carbocycles. The number of alkyl halides is 1. The Morgan fingerprint density at radius 1 is 1.55 bits per heavy atom. The van der Waals surface area contributed by atoms with Crippen LogP contribution in [-0.2, 0) is 4.74 Å². The highest BCUT2D eigenvalue weighted by molar-refractivity contribution is 6.18. The van der Waals surface area contributed by atoms with Gasteiger partial charge in [-0.1, -0.05) is 0 Å². The largest absolute Gasteiger partial charge is 0.462 e. The predicted octanol–water partition coefficient (Wildman–Crippen LogP) is 2.06. The molecule has 2 aromatic rings. The molecule has 0 amide bonds. The number of esters is 1. The summed E-state index contributed by atoms with van der Waals surface area (Å²) in [6, 6.07) is 7.04. The molecule has 1 aromatic heterocycles. The van der Waals surface area contributed by atoms with Gasteiger partial charge in [0, 0.05) is 18.9 Å². The maximum Gasteiger partial charge on any atom is 0.340 e. The number of nitrogens with zero attached hydrogens (tertiary/aromatic N) is 2. The molecule has 22 heavy (non-hydrogen) atoms. The van der Waals surface area contributed by atoms with E-state index in [-0.39, 0.29) is 12.4 Å². The number of halogens is 1. The Labute approximate surface area is 133 Å². The van der Waals surface area contributed by atoms with Crippen LogP contribution in [0.2, 0.25) is 0 Å². The van der Waals surface area contributed by atoms with Gasteiger partial charge in [0.1, 0.15) is 0 Å². The summed E-state index contributed by atoms with van der Waals surface area (Å²) in [5, 5.41) is 16.8. The van der Waals surface area contributed by atoms with Crippen LogP contribution in [0.15, 0.2) is 36.7 Å². The number of carbonyl (C=O) groups excluding carboxylic acids is 1. The van der Waals surface area contributed by atoms with Gasteiger partial charge in [-0.3, -0.25) is 0 Å². The fraction of sp³-hybridized carbons (Fsp3) is 0.333. The first kappa shape index (κ1) is 16.3. The van der Waals surface area contributed by atoms with E-state index in [9.17, 15) is 9.90 Å². The van der Waals surface area contributed by atoms with Gasteiger partial charge in [-0.2, -0.15) is 5.10 Å². The van der Waals surface area contributed by atoms with E-state index < -0.39 is 12.1 Å². The topological polar surface area (TPSA) is 76.4 Å². The number of aliphatic hydroxyl groups is 1. The number of nitrogens with one attached hydrogen (secondary N) is 1. The molecule has 0 bridgehead atoms. The Morgan fingerprint density at radius 2 is 2.36 bits per heavy atom. The predicted molar refractivity (Wildman–Crippen MR) is 84.7 cm³/mol. The Bertz CT molecular complexity index is 617. The number of aromatic nitrogens is 2. The smallest absolute Gasteiger partial charge is 0.340 e. The van der Waals surface area contributed by atoms with Crippen LogP contribution in [0, 0.1) is 0 Å². The van der Waals surface area contributed by atoms with Gasteiger partial charge in [0.15, 0.2) is 0 Å². The van der Waals surface area contributed by atoms with Gasteiger partial charge in [0.2, 0.25) is 0 Å². The van der Waals surface area contributed by atoms with E-state index in [0.29, 0.717) is 17.9 Å². The second-order valence-corrected chi connectivity index (χ2v) is 4.90. The molecule has 0 aliphatic rings. The maximum absolute atomic E-state index is 12.0. The highest BCUT2D eigenvalue weighted by atomic mass is 35.5. The van der Waals surface area contributed by atoms with Crippen molar-refractivity contribution in [2.75, 3.05) is 24.3 Å². The zero-order valence-electron chi connectivity index (χ0n) is 12.2. The molecule has 118 valence electrons. The number of hydrogen-bond donors (Lipinski definition) is 2. The van der Waals surface area contributed by atoms with Gasteiger partial charge >= 0.3 is 5.97 Å². The number of ether oxygens (including phenoxy) is 1. The van der Waals surface area contributed by atoms with Gasteiger partial charge in [0.25, 0.3) is 0 Å². The van der Waals surface area contributed by atoms with Crippen molar-refractivity contribution in [3.63, 3.8) is 0 Å².